The molecule has 2 aromatic heterocycles. The van der Waals surface area contributed by atoms with E-state index in [1.807, 2.05) is 24.9 Å². The number of hydrogen-bond acceptors (Lipinski definition) is 3. The minimum Gasteiger partial charge on any atom is -0.360 e. The average molecular weight is 356 g/mol. The third-order valence-electron chi connectivity index (χ3n) is 5.28. The monoisotopic (exact) mass is 355 g/mol. The van der Waals surface area contributed by atoms with Crippen molar-refractivity contribution in [3.63, 3.8) is 0 Å². The molecule has 4 rings (SSSR count). The van der Waals surface area contributed by atoms with E-state index in [0.717, 1.165) is 24.2 Å². The number of aromatic nitrogens is 3. The van der Waals surface area contributed by atoms with Gasteiger partial charge in [-0.05, 0) is 56.3 Å². The van der Waals surface area contributed by atoms with Crippen LogP contribution in [0.3, 0.4) is 0 Å². The van der Waals surface area contributed by atoms with Crippen LogP contribution in [0.4, 0.5) is 5.69 Å². The van der Waals surface area contributed by atoms with Gasteiger partial charge in [-0.2, -0.15) is 0 Å². The predicted octanol–water partition coefficient (Wildman–Crippen LogP) is 3.77. The van der Waals surface area contributed by atoms with Crippen LogP contribution in [-0.2, 0) is 12.8 Å². The van der Waals surface area contributed by atoms with Crippen molar-refractivity contribution in [1.82, 2.24) is 19.9 Å². The Morgan fingerprint density at radius 2 is 1.96 bits per heavy atom. The molecule has 0 bridgehead atoms. The minimum atomic E-state index is 0.496. The average Bonchev–Trinajstić information content (AvgIpc) is 3.16. The van der Waals surface area contributed by atoms with Gasteiger partial charge >= 0.3 is 0 Å². The molecule has 0 aliphatic heterocycles. The maximum absolute atomic E-state index is 5.59. The lowest BCUT2D eigenvalue weighted by molar-refractivity contribution is 0.415. The molecule has 2 aliphatic carbocycles. The highest BCUT2D eigenvalue weighted by Crippen LogP contribution is 2.31. The van der Waals surface area contributed by atoms with Crippen LogP contribution in [0.2, 0.25) is 0 Å². The second-order valence-electron chi connectivity index (χ2n) is 7.06. The Morgan fingerprint density at radius 1 is 1.12 bits per heavy atom. The number of imidazole rings is 1. The van der Waals surface area contributed by atoms with Gasteiger partial charge in [-0.3, -0.25) is 4.98 Å². The summed E-state index contributed by atoms with van der Waals surface area (Å²) in [4.78, 5) is 8.93. The summed E-state index contributed by atoms with van der Waals surface area (Å²) in [6.45, 7) is 0. The Kier molecular flexibility index (Phi) is 4.97. The lowest BCUT2D eigenvalue weighted by atomic mass is 9.94. The van der Waals surface area contributed by atoms with Crippen molar-refractivity contribution in [2.75, 3.05) is 5.32 Å². The molecule has 132 valence electrons. The van der Waals surface area contributed by atoms with Gasteiger partial charge in [-0.25, -0.2) is 4.98 Å². The number of nitrogens with zero attached hydrogens (tertiary/aromatic N) is 3. The zero-order valence-electron chi connectivity index (χ0n) is 14.5. The summed E-state index contributed by atoms with van der Waals surface area (Å²) in [6.07, 6.45) is 18.5. The lowest BCUT2D eigenvalue weighted by Crippen LogP contribution is -2.39. The first kappa shape index (κ1) is 16.5. The Labute approximate surface area is 154 Å². The second-order valence-corrected chi connectivity index (χ2v) is 7.46. The quantitative estimate of drug-likeness (QED) is 0.821. The molecule has 2 N–H and O–H groups in total. The molecule has 0 unspecified atom stereocenters. The first-order valence-electron chi connectivity index (χ1n) is 9.38. The molecule has 2 aromatic rings. The van der Waals surface area contributed by atoms with Gasteiger partial charge in [0.05, 0.1) is 23.9 Å². The highest BCUT2D eigenvalue weighted by atomic mass is 32.1. The number of fused-ring (bicyclic) bond motifs is 1. The van der Waals surface area contributed by atoms with Gasteiger partial charge in [-0.1, -0.05) is 19.3 Å². The van der Waals surface area contributed by atoms with E-state index in [2.05, 4.69) is 20.2 Å². The molecule has 5 nitrogen and oxygen atoms in total. The van der Waals surface area contributed by atoms with Crippen molar-refractivity contribution >= 4 is 23.0 Å². The molecule has 0 spiro atoms. The third-order valence-corrected chi connectivity index (χ3v) is 5.50. The van der Waals surface area contributed by atoms with Crippen LogP contribution in [-0.4, -0.2) is 25.7 Å². The van der Waals surface area contributed by atoms with Gasteiger partial charge in [0, 0.05) is 24.1 Å². The SMILES string of the molecule is S=C(Nc1cnc2c(c1-n1ccnc1)CCCC2)NC1CCCCC1. The zero-order chi connectivity index (χ0) is 17.1. The first-order valence-corrected chi connectivity index (χ1v) is 9.78. The number of rotatable bonds is 3. The lowest BCUT2D eigenvalue weighted by Gasteiger charge is -2.26. The standard InChI is InChI=1S/C19H25N5S/c25-19(22-14-6-2-1-3-7-14)23-17-12-21-16-9-5-4-8-15(16)18(17)24-11-10-20-13-24/h10-14H,1-9H2,(H2,22,23,25). The molecule has 1 saturated carbocycles. The third kappa shape index (κ3) is 3.68. The molecule has 0 aromatic carbocycles. The normalized spacial score (nSPS) is 17.8. The van der Waals surface area contributed by atoms with E-state index >= 15 is 0 Å². The number of anilines is 1. The van der Waals surface area contributed by atoms with Crippen molar-refractivity contribution < 1.29 is 0 Å². The number of thiocarbonyl (C=S) groups is 1. The van der Waals surface area contributed by atoms with E-state index < -0.39 is 0 Å². The second kappa shape index (κ2) is 7.52. The Hall–Kier alpha value is -1.95. The van der Waals surface area contributed by atoms with Crippen LogP contribution in [0.15, 0.2) is 24.9 Å². The molecular formula is C19H25N5S. The zero-order valence-corrected chi connectivity index (χ0v) is 15.3. The maximum Gasteiger partial charge on any atom is 0.171 e. The van der Waals surface area contributed by atoms with Gasteiger partial charge in [-0.15, -0.1) is 0 Å². The molecule has 1 fully saturated rings. The van der Waals surface area contributed by atoms with Crippen molar-refractivity contribution in [3.8, 4) is 5.69 Å². The Morgan fingerprint density at radius 3 is 2.76 bits per heavy atom. The summed E-state index contributed by atoms with van der Waals surface area (Å²) in [7, 11) is 0. The van der Waals surface area contributed by atoms with E-state index in [4.69, 9.17) is 17.2 Å². The predicted molar refractivity (Wildman–Crippen MR) is 104 cm³/mol. The van der Waals surface area contributed by atoms with Gasteiger partial charge in [0.15, 0.2) is 5.11 Å². The van der Waals surface area contributed by atoms with Crippen LogP contribution in [0, 0.1) is 0 Å². The van der Waals surface area contributed by atoms with E-state index in [9.17, 15) is 0 Å². The molecule has 0 atom stereocenters. The van der Waals surface area contributed by atoms with Crippen molar-refractivity contribution in [3.05, 3.63) is 36.2 Å². The number of nitrogens with one attached hydrogen (secondary N) is 2. The summed E-state index contributed by atoms with van der Waals surface area (Å²) < 4.78 is 2.08. The van der Waals surface area contributed by atoms with Crippen LogP contribution in [0.5, 0.6) is 0 Å². The first-order chi connectivity index (χ1) is 12.3. The summed E-state index contributed by atoms with van der Waals surface area (Å²) in [5.74, 6) is 0. The summed E-state index contributed by atoms with van der Waals surface area (Å²) >= 11 is 5.59. The fraction of sp³-hybridized carbons (Fsp3) is 0.526. The van der Waals surface area contributed by atoms with Crippen LogP contribution in [0.1, 0.15) is 56.2 Å². The van der Waals surface area contributed by atoms with Crippen molar-refractivity contribution in [1.29, 1.82) is 0 Å². The van der Waals surface area contributed by atoms with Crippen LogP contribution in [0.25, 0.3) is 5.69 Å². The van der Waals surface area contributed by atoms with Gasteiger partial charge in [0.25, 0.3) is 0 Å². The molecule has 2 heterocycles. The topological polar surface area (TPSA) is 54.8 Å². The van der Waals surface area contributed by atoms with E-state index in [0.29, 0.717) is 11.2 Å². The van der Waals surface area contributed by atoms with E-state index in [-0.39, 0.29) is 0 Å². The van der Waals surface area contributed by atoms with E-state index in [1.165, 1.54) is 56.2 Å². The van der Waals surface area contributed by atoms with Crippen molar-refractivity contribution in [2.45, 2.75) is 63.8 Å². The molecule has 0 amide bonds. The molecule has 0 radical (unpaired) electrons. The minimum absolute atomic E-state index is 0.496. The highest BCUT2D eigenvalue weighted by Gasteiger charge is 2.20. The Bertz CT molecular complexity index is 735. The number of hydrogen-bond donors (Lipinski definition) is 2. The molecule has 0 saturated heterocycles. The number of aryl methyl sites for hydroxylation is 1. The molecular weight excluding hydrogens is 330 g/mol. The molecule has 2 aliphatic rings. The van der Waals surface area contributed by atoms with Gasteiger partial charge < -0.3 is 15.2 Å². The fourth-order valence-corrected chi connectivity index (χ4v) is 4.30. The fourth-order valence-electron chi connectivity index (χ4n) is 4.02. The van der Waals surface area contributed by atoms with Crippen LogP contribution < -0.4 is 10.6 Å². The summed E-state index contributed by atoms with van der Waals surface area (Å²) in [5.41, 5.74) is 4.66. The largest absolute Gasteiger partial charge is 0.360 e. The van der Waals surface area contributed by atoms with Gasteiger partial charge in [0.2, 0.25) is 0 Å². The van der Waals surface area contributed by atoms with Crippen molar-refractivity contribution in [2.24, 2.45) is 0 Å². The summed E-state index contributed by atoms with van der Waals surface area (Å²) in [6, 6.07) is 0.496. The molecule has 6 heteroatoms. The Balaban J connectivity index is 1.59. The smallest absolute Gasteiger partial charge is 0.171 e. The van der Waals surface area contributed by atoms with E-state index in [1.54, 1.807) is 0 Å². The maximum atomic E-state index is 5.59. The summed E-state index contributed by atoms with van der Waals surface area (Å²) in [5, 5.41) is 7.59. The van der Waals surface area contributed by atoms with Crippen LogP contribution >= 0.6 is 12.2 Å². The highest BCUT2D eigenvalue weighted by molar-refractivity contribution is 7.80. The molecule has 25 heavy (non-hydrogen) atoms. The van der Waals surface area contributed by atoms with Gasteiger partial charge in [0.1, 0.15) is 0 Å². The number of pyridine rings is 1.